The first-order chi connectivity index (χ1) is 23.0. The predicted molar refractivity (Wildman–Crippen MR) is 192 cm³/mol. The van der Waals surface area contributed by atoms with E-state index in [1.165, 1.54) is 45.2 Å². The highest BCUT2D eigenvalue weighted by molar-refractivity contribution is 6.19. The molecule has 0 saturated carbocycles. The van der Waals surface area contributed by atoms with Gasteiger partial charge in [0, 0.05) is 37.9 Å². The highest BCUT2D eigenvalue weighted by Gasteiger charge is 2.36. The summed E-state index contributed by atoms with van der Waals surface area (Å²) in [6, 6.07) is 45.7. The number of benzene rings is 7. The van der Waals surface area contributed by atoms with E-state index in [1.807, 2.05) is 12.1 Å². The summed E-state index contributed by atoms with van der Waals surface area (Å²) in [6.07, 6.45) is 0. The Bertz CT molecular complexity index is 2770. The Morgan fingerprint density at radius 3 is 2.04 bits per heavy atom. The van der Waals surface area contributed by atoms with Crippen LogP contribution in [0.2, 0.25) is 0 Å². The second-order valence-electron chi connectivity index (χ2n) is 13.2. The average molecular weight is 606 g/mol. The summed E-state index contributed by atoms with van der Waals surface area (Å²) in [6.45, 7) is 4.65. The predicted octanol–water partition coefficient (Wildman–Crippen LogP) is 11.1. The van der Waals surface area contributed by atoms with Crippen molar-refractivity contribution in [2.75, 3.05) is 0 Å². The normalized spacial score (nSPS) is 13.6. The second kappa shape index (κ2) is 9.34. The molecule has 10 rings (SSSR count). The van der Waals surface area contributed by atoms with Gasteiger partial charge >= 0.3 is 0 Å². The molecule has 0 N–H and O–H groups in total. The van der Waals surface area contributed by atoms with Crippen molar-refractivity contribution in [3.05, 3.63) is 150 Å². The van der Waals surface area contributed by atoms with E-state index in [9.17, 15) is 4.39 Å². The summed E-state index contributed by atoms with van der Waals surface area (Å²) in [5, 5.41) is 7.74. The molecule has 0 spiro atoms. The molecule has 7 aromatic carbocycles. The van der Waals surface area contributed by atoms with E-state index in [2.05, 4.69) is 128 Å². The third kappa shape index (κ3) is 3.61. The molecule has 0 bridgehead atoms. The fourth-order valence-electron chi connectivity index (χ4n) is 7.96. The largest absolute Gasteiger partial charge is 0.277 e. The van der Waals surface area contributed by atoms with Gasteiger partial charge in [0.25, 0.3) is 0 Å². The molecule has 2 heterocycles. The summed E-state index contributed by atoms with van der Waals surface area (Å²) in [5.74, 6) is 0.318. The fraction of sp³-hybridized carbons (Fsp3) is 0.0698. The van der Waals surface area contributed by atoms with Crippen LogP contribution < -0.4 is 0 Å². The second-order valence-corrected chi connectivity index (χ2v) is 13.2. The van der Waals surface area contributed by atoms with Gasteiger partial charge in [-0.25, -0.2) is 14.4 Å². The van der Waals surface area contributed by atoms with E-state index in [0.717, 1.165) is 54.7 Å². The zero-order valence-corrected chi connectivity index (χ0v) is 25.9. The van der Waals surface area contributed by atoms with E-state index in [0.29, 0.717) is 5.95 Å². The Morgan fingerprint density at radius 2 is 1.23 bits per heavy atom. The van der Waals surface area contributed by atoms with Gasteiger partial charge in [-0.1, -0.05) is 105 Å². The molecule has 0 saturated heterocycles. The molecule has 0 fully saturated rings. The van der Waals surface area contributed by atoms with Crippen molar-refractivity contribution in [2.45, 2.75) is 19.3 Å². The Kier molecular flexibility index (Phi) is 5.24. The monoisotopic (exact) mass is 605 g/mol. The Hall–Kier alpha value is -5.87. The molecule has 0 atom stereocenters. The average Bonchev–Trinajstić information content (AvgIpc) is 3.55. The van der Waals surface area contributed by atoms with Gasteiger partial charge in [0.05, 0.1) is 22.2 Å². The van der Waals surface area contributed by atoms with Crippen LogP contribution in [-0.4, -0.2) is 14.5 Å². The molecule has 9 aromatic rings. The zero-order chi connectivity index (χ0) is 31.4. The number of hydrogen-bond acceptors (Lipinski definition) is 2. The molecule has 4 heteroatoms. The van der Waals surface area contributed by atoms with Gasteiger partial charge in [-0.05, 0) is 75.5 Å². The lowest BCUT2D eigenvalue weighted by Crippen LogP contribution is -2.14. The number of aromatic nitrogens is 3. The van der Waals surface area contributed by atoms with Crippen molar-refractivity contribution in [3.63, 3.8) is 0 Å². The van der Waals surface area contributed by atoms with Crippen molar-refractivity contribution in [1.29, 1.82) is 0 Å². The van der Waals surface area contributed by atoms with Crippen molar-refractivity contribution < 1.29 is 4.39 Å². The van der Waals surface area contributed by atoms with Crippen molar-refractivity contribution in [1.82, 2.24) is 14.5 Å². The summed E-state index contributed by atoms with van der Waals surface area (Å²) >= 11 is 0. The molecule has 0 radical (unpaired) electrons. The number of fused-ring (bicyclic) bond motifs is 11. The van der Waals surface area contributed by atoms with E-state index < -0.39 is 0 Å². The lowest BCUT2D eigenvalue weighted by atomic mass is 9.82. The Balaban J connectivity index is 1.40. The quantitative estimate of drug-likeness (QED) is 0.184. The molecule has 47 heavy (non-hydrogen) atoms. The zero-order valence-electron chi connectivity index (χ0n) is 25.9. The van der Waals surface area contributed by atoms with Gasteiger partial charge in [0.1, 0.15) is 5.82 Å². The molecular weight excluding hydrogens is 577 g/mol. The fourth-order valence-corrected chi connectivity index (χ4v) is 7.96. The molecule has 0 amide bonds. The first-order valence-corrected chi connectivity index (χ1v) is 16.0. The van der Waals surface area contributed by atoms with Crippen LogP contribution in [0.15, 0.2) is 133 Å². The van der Waals surface area contributed by atoms with E-state index in [4.69, 9.17) is 9.97 Å². The SMILES string of the molecule is CC1(C)c2ccccc2-c2cc3c(cc21)c1ccc2ccccc2c1n3-c1nc(-c2ccc(F)cc2)c2ccc3ccccc3c2n1. The molecular formula is C43H28FN3. The highest BCUT2D eigenvalue weighted by Crippen LogP contribution is 2.51. The number of rotatable bonds is 2. The third-order valence-corrected chi connectivity index (χ3v) is 10.3. The van der Waals surface area contributed by atoms with Crippen LogP contribution in [0.4, 0.5) is 4.39 Å². The van der Waals surface area contributed by atoms with Crippen LogP contribution in [0.1, 0.15) is 25.0 Å². The lowest BCUT2D eigenvalue weighted by Gasteiger charge is -2.21. The molecule has 2 aromatic heterocycles. The standard InChI is InChI=1S/C43H28FN3/c1-43(2)36-14-8-7-13-31(36)34-24-38-35(23-37(34)43)32-21-17-26-10-4-6-12-30(26)41(32)47(38)42-45-39(27-15-19-28(44)20-16-27)33-22-18-25-9-3-5-11-29(25)40(33)46-42/h3-24H,1-2H3. The highest BCUT2D eigenvalue weighted by atomic mass is 19.1. The van der Waals surface area contributed by atoms with Gasteiger partial charge in [0.15, 0.2) is 0 Å². The first-order valence-electron chi connectivity index (χ1n) is 16.0. The minimum absolute atomic E-state index is 0.125. The first kappa shape index (κ1) is 26.4. The molecule has 0 unspecified atom stereocenters. The number of halogens is 1. The van der Waals surface area contributed by atoms with E-state index in [1.54, 1.807) is 0 Å². The van der Waals surface area contributed by atoms with Gasteiger partial charge in [-0.3, -0.25) is 4.57 Å². The summed E-state index contributed by atoms with van der Waals surface area (Å²) in [7, 11) is 0. The Morgan fingerprint density at radius 1 is 0.553 bits per heavy atom. The van der Waals surface area contributed by atoms with Gasteiger partial charge in [-0.2, -0.15) is 0 Å². The molecule has 3 nitrogen and oxygen atoms in total. The van der Waals surface area contributed by atoms with Gasteiger partial charge in [-0.15, -0.1) is 0 Å². The third-order valence-electron chi connectivity index (χ3n) is 10.3. The van der Waals surface area contributed by atoms with Crippen molar-refractivity contribution in [3.8, 4) is 28.3 Å². The molecule has 0 aliphatic heterocycles. The summed E-state index contributed by atoms with van der Waals surface area (Å²) < 4.78 is 16.4. The maximum absolute atomic E-state index is 14.2. The maximum Gasteiger partial charge on any atom is 0.235 e. The van der Waals surface area contributed by atoms with Crippen molar-refractivity contribution >= 4 is 54.3 Å². The van der Waals surface area contributed by atoms with Crippen LogP contribution in [0.3, 0.4) is 0 Å². The minimum atomic E-state index is -0.274. The molecule has 1 aliphatic carbocycles. The molecule has 1 aliphatic rings. The van der Waals surface area contributed by atoms with Crippen LogP contribution in [0.25, 0.3) is 82.6 Å². The van der Waals surface area contributed by atoms with E-state index in [-0.39, 0.29) is 11.2 Å². The Labute approximate surface area is 270 Å². The van der Waals surface area contributed by atoms with Crippen LogP contribution in [0, 0.1) is 5.82 Å². The van der Waals surface area contributed by atoms with Crippen LogP contribution >= 0.6 is 0 Å². The maximum atomic E-state index is 14.2. The number of nitrogens with zero attached hydrogens (tertiary/aromatic N) is 3. The summed E-state index contributed by atoms with van der Waals surface area (Å²) in [4.78, 5) is 10.8. The lowest BCUT2D eigenvalue weighted by molar-refractivity contribution is 0.628. The van der Waals surface area contributed by atoms with Crippen LogP contribution in [0.5, 0.6) is 0 Å². The van der Waals surface area contributed by atoms with Gasteiger partial charge in [0.2, 0.25) is 5.95 Å². The topological polar surface area (TPSA) is 30.7 Å². The van der Waals surface area contributed by atoms with E-state index >= 15 is 0 Å². The number of hydrogen-bond donors (Lipinski definition) is 0. The van der Waals surface area contributed by atoms with Crippen LogP contribution in [-0.2, 0) is 5.41 Å². The van der Waals surface area contributed by atoms with Gasteiger partial charge < -0.3 is 0 Å². The smallest absolute Gasteiger partial charge is 0.235 e. The van der Waals surface area contributed by atoms with Crippen molar-refractivity contribution in [2.24, 2.45) is 0 Å². The molecule has 222 valence electrons. The minimum Gasteiger partial charge on any atom is -0.277 e. The summed E-state index contributed by atoms with van der Waals surface area (Å²) in [5.41, 5.74) is 9.70.